The molecule has 10 heteroatoms. The molecule has 1 saturated heterocycles. The molecule has 0 spiro atoms. The topological polar surface area (TPSA) is 118 Å². The number of carbonyl (C=O) groups excluding carboxylic acids is 4. The van der Waals surface area contributed by atoms with E-state index in [1.807, 2.05) is 12.2 Å². The Kier molecular flexibility index (Phi) is 5.08. The Morgan fingerprint density at radius 2 is 1.44 bits per heavy atom. The Balaban J connectivity index is 1.35. The van der Waals surface area contributed by atoms with Gasteiger partial charge in [0.25, 0.3) is 23.4 Å². The quantitative estimate of drug-likeness (QED) is 0.195. The van der Waals surface area contributed by atoms with E-state index in [1.54, 1.807) is 0 Å². The van der Waals surface area contributed by atoms with Gasteiger partial charge in [0.15, 0.2) is 5.78 Å². The zero-order chi connectivity index (χ0) is 25.3. The number of hydrazine groups is 1. The normalized spacial score (nSPS) is 29.1. The van der Waals surface area contributed by atoms with Crippen LogP contribution in [0.2, 0.25) is 5.02 Å². The molecule has 0 N–H and O–H groups in total. The number of allylic oxidation sites excluding steroid dienone is 2. The Hall–Kier alpha value is -3.85. The number of benzene rings is 2. The Morgan fingerprint density at radius 1 is 0.917 bits per heavy atom. The molecule has 2 bridgehead atoms. The maximum absolute atomic E-state index is 13.6. The summed E-state index contributed by atoms with van der Waals surface area (Å²) in [5.41, 5.74) is 0.0703. The molecule has 2 saturated carbocycles. The molecule has 36 heavy (non-hydrogen) atoms. The van der Waals surface area contributed by atoms with Gasteiger partial charge in [0.1, 0.15) is 6.54 Å². The number of hydrogen-bond acceptors (Lipinski definition) is 6. The summed E-state index contributed by atoms with van der Waals surface area (Å²) >= 11 is 5.92. The summed E-state index contributed by atoms with van der Waals surface area (Å²) in [4.78, 5) is 64.5. The van der Waals surface area contributed by atoms with Crippen LogP contribution in [0.1, 0.15) is 27.1 Å². The number of nitro benzene ring substituents is 1. The number of imide groups is 1. The third-order valence-electron chi connectivity index (χ3n) is 7.90. The molecular formula is C26H20ClN3O6. The number of halogens is 1. The lowest BCUT2D eigenvalue weighted by atomic mass is 9.63. The van der Waals surface area contributed by atoms with Crippen molar-refractivity contribution < 1.29 is 24.1 Å². The lowest BCUT2D eigenvalue weighted by Gasteiger charge is -2.37. The first kappa shape index (κ1) is 22.6. The molecule has 3 fully saturated rings. The van der Waals surface area contributed by atoms with Crippen LogP contribution in [0.15, 0.2) is 60.7 Å². The highest BCUT2D eigenvalue weighted by Gasteiger charge is 2.68. The Morgan fingerprint density at radius 3 is 1.97 bits per heavy atom. The minimum atomic E-state index is -0.766. The second-order valence-electron chi connectivity index (χ2n) is 9.74. The van der Waals surface area contributed by atoms with Crippen LogP contribution in [-0.4, -0.2) is 45.0 Å². The first-order valence-electron chi connectivity index (χ1n) is 11.7. The van der Waals surface area contributed by atoms with E-state index in [9.17, 15) is 29.3 Å². The fraction of sp³-hybridized carbons (Fsp3) is 0.308. The number of rotatable bonds is 6. The number of non-ortho nitro benzene ring substituents is 1. The zero-order valence-corrected chi connectivity index (χ0v) is 19.6. The van der Waals surface area contributed by atoms with Gasteiger partial charge in [-0.3, -0.25) is 29.3 Å². The van der Waals surface area contributed by atoms with Crippen LogP contribution >= 0.6 is 11.6 Å². The van der Waals surface area contributed by atoms with Gasteiger partial charge in [-0.05, 0) is 66.5 Å². The molecule has 0 aromatic heterocycles. The molecule has 9 nitrogen and oxygen atoms in total. The molecule has 0 radical (unpaired) electrons. The lowest BCUT2D eigenvalue weighted by Crippen LogP contribution is -2.52. The van der Waals surface area contributed by atoms with Crippen LogP contribution < -0.4 is 0 Å². The predicted molar refractivity (Wildman–Crippen MR) is 126 cm³/mol. The van der Waals surface area contributed by atoms with Gasteiger partial charge in [0.2, 0.25) is 0 Å². The van der Waals surface area contributed by atoms with Gasteiger partial charge in [0.05, 0.1) is 16.8 Å². The fourth-order valence-electron chi connectivity index (χ4n) is 6.15. The molecule has 4 aliphatic carbocycles. The Labute approximate surface area is 210 Å². The maximum Gasteiger partial charge on any atom is 0.273 e. The van der Waals surface area contributed by atoms with Crippen molar-refractivity contribution in [2.45, 2.75) is 6.42 Å². The van der Waals surface area contributed by atoms with E-state index >= 15 is 0 Å². The first-order valence-corrected chi connectivity index (χ1v) is 12.0. The second-order valence-corrected chi connectivity index (χ2v) is 10.2. The van der Waals surface area contributed by atoms with Crippen molar-refractivity contribution in [2.24, 2.45) is 35.5 Å². The SMILES string of the molecule is O=C(CN(C(=O)c1ccc([N+](=O)[O-])cc1)N1C(=O)[C@@H]2[C@H]3C=C[C@@H]([C@@H]4C[C@H]34)[C@@H]2C1=O)c1ccc(Cl)cc1. The average Bonchev–Trinajstić information content (AvgIpc) is 3.66. The first-order chi connectivity index (χ1) is 17.3. The average molecular weight is 506 g/mol. The van der Waals surface area contributed by atoms with Crippen LogP contribution in [0.3, 0.4) is 0 Å². The molecule has 0 unspecified atom stereocenters. The van der Waals surface area contributed by atoms with E-state index in [4.69, 9.17) is 11.6 Å². The van der Waals surface area contributed by atoms with Crippen molar-refractivity contribution in [3.63, 3.8) is 0 Å². The smallest absolute Gasteiger partial charge is 0.273 e. The molecular weight excluding hydrogens is 486 g/mol. The largest absolute Gasteiger partial charge is 0.292 e. The van der Waals surface area contributed by atoms with Crippen molar-refractivity contribution in [1.82, 2.24) is 10.0 Å². The number of Topliss-reactive ketones (excluding diaryl/α,β-unsaturated/α-hetero) is 1. The summed E-state index contributed by atoms with van der Waals surface area (Å²) in [6, 6.07) is 10.9. The number of nitrogens with zero attached hydrogens (tertiary/aromatic N) is 3. The molecule has 1 aliphatic heterocycles. The zero-order valence-electron chi connectivity index (χ0n) is 18.8. The van der Waals surface area contributed by atoms with E-state index in [0.29, 0.717) is 16.9 Å². The van der Waals surface area contributed by atoms with Crippen LogP contribution in [0.4, 0.5) is 5.69 Å². The third kappa shape index (κ3) is 3.37. The van der Waals surface area contributed by atoms with Gasteiger partial charge >= 0.3 is 0 Å². The number of amides is 3. The summed E-state index contributed by atoms with van der Waals surface area (Å²) in [6.07, 6.45) is 5.04. The molecule has 182 valence electrons. The van der Waals surface area contributed by atoms with Crippen LogP contribution in [0.5, 0.6) is 0 Å². The maximum atomic E-state index is 13.6. The second kappa shape index (κ2) is 8.09. The molecule has 2 aromatic rings. The van der Waals surface area contributed by atoms with Crippen molar-refractivity contribution >= 4 is 40.8 Å². The van der Waals surface area contributed by atoms with E-state index < -0.39 is 46.8 Å². The lowest BCUT2D eigenvalue weighted by molar-refractivity contribution is -0.384. The van der Waals surface area contributed by atoms with Crippen molar-refractivity contribution in [2.75, 3.05) is 6.54 Å². The van der Waals surface area contributed by atoms with Crippen molar-refractivity contribution in [3.05, 3.63) is 86.9 Å². The highest BCUT2D eigenvalue weighted by molar-refractivity contribution is 6.30. The van der Waals surface area contributed by atoms with Crippen LogP contribution in [0, 0.1) is 45.6 Å². The van der Waals surface area contributed by atoms with Crippen molar-refractivity contribution in [1.29, 1.82) is 0 Å². The third-order valence-corrected chi connectivity index (χ3v) is 8.15. The molecule has 3 amide bonds. The minimum absolute atomic E-state index is 0.0175. The molecule has 1 heterocycles. The highest BCUT2D eigenvalue weighted by atomic mass is 35.5. The van der Waals surface area contributed by atoms with Crippen LogP contribution in [-0.2, 0) is 9.59 Å². The fourth-order valence-corrected chi connectivity index (χ4v) is 6.28. The standard InChI is InChI=1S/C26H20ClN3O6/c27-15-5-1-13(2-6-15)21(31)12-28(24(32)14-3-7-16(8-4-14)30(35)36)29-25(33)22-17-9-10-18(20-11-19(17)20)23(22)26(29)34/h1-10,17-20,22-23H,11-12H2/t17-,18-,19-,20+,22-,23+/m0/s1. The van der Waals surface area contributed by atoms with E-state index in [0.717, 1.165) is 28.6 Å². The molecule has 6 atom stereocenters. The summed E-state index contributed by atoms with van der Waals surface area (Å²) in [6.45, 7) is -0.552. The molecule has 5 aliphatic rings. The number of carbonyl (C=O) groups is 4. The van der Waals surface area contributed by atoms with Gasteiger partial charge in [0, 0.05) is 28.3 Å². The summed E-state index contributed by atoms with van der Waals surface area (Å²) < 4.78 is 0. The predicted octanol–water partition coefficient (Wildman–Crippen LogP) is 3.54. The van der Waals surface area contributed by atoms with Crippen LogP contribution in [0.25, 0.3) is 0 Å². The van der Waals surface area contributed by atoms with E-state index in [2.05, 4.69) is 0 Å². The Bertz CT molecular complexity index is 1320. The summed E-state index contributed by atoms with van der Waals surface area (Å²) in [7, 11) is 0. The van der Waals surface area contributed by atoms with Gasteiger partial charge < -0.3 is 0 Å². The van der Waals surface area contributed by atoms with Gasteiger partial charge in [-0.15, -0.1) is 0 Å². The summed E-state index contributed by atoms with van der Waals surface area (Å²) in [5.74, 6) is -2.63. The van der Waals surface area contributed by atoms with Gasteiger partial charge in [-0.2, -0.15) is 5.01 Å². The van der Waals surface area contributed by atoms with E-state index in [-0.39, 0.29) is 28.7 Å². The van der Waals surface area contributed by atoms with Gasteiger partial charge in [-0.1, -0.05) is 23.8 Å². The summed E-state index contributed by atoms with van der Waals surface area (Å²) in [5, 5.41) is 13.2. The van der Waals surface area contributed by atoms with E-state index in [1.165, 1.54) is 36.4 Å². The number of ketones is 1. The van der Waals surface area contributed by atoms with Gasteiger partial charge in [-0.25, -0.2) is 5.01 Å². The van der Waals surface area contributed by atoms with Crippen molar-refractivity contribution in [3.8, 4) is 0 Å². The minimum Gasteiger partial charge on any atom is -0.292 e. The monoisotopic (exact) mass is 505 g/mol. The highest BCUT2D eigenvalue weighted by Crippen LogP contribution is 2.65. The number of nitro groups is 1. The molecule has 7 rings (SSSR count). The number of hydrogen-bond donors (Lipinski definition) is 0. The molecule has 2 aromatic carbocycles.